The molecule has 0 unspecified atom stereocenters. The largest absolute Gasteiger partial charge is 0.384 e. The Labute approximate surface area is 87.6 Å². The van der Waals surface area contributed by atoms with Gasteiger partial charge in [-0.25, -0.2) is 0 Å². The van der Waals surface area contributed by atoms with Gasteiger partial charge >= 0.3 is 10.2 Å². The second-order valence-corrected chi connectivity index (χ2v) is 4.59. The molecule has 82 valence electrons. The van der Waals surface area contributed by atoms with Crippen LogP contribution in [0.4, 0.5) is 3.89 Å². The monoisotopic (exact) mass is 230 g/mol. The molecule has 15 heavy (non-hydrogen) atoms. The van der Waals surface area contributed by atoms with E-state index in [9.17, 15) is 12.3 Å². The summed E-state index contributed by atoms with van der Waals surface area (Å²) in [6, 6.07) is 6.45. The number of halogens is 1. The Morgan fingerprint density at radius 3 is 2.27 bits per heavy atom. The van der Waals surface area contributed by atoms with Gasteiger partial charge in [-0.15, -0.1) is 3.89 Å². The first kappa shape index (κ1) is 11.6. The van der Waals surface area contributed by atoms with Crippen LogP contribution in [-0.4, -0.2) is 20.0 Å². The molecule has 1 rings (SSSR count). The molecule has 0 atom stereocenters. The van der Waals surface area contributed by atoms with Gasteiger partial charge in [-0.3, -0.25) is 5.41 Å². The number of benzene rings is 1. The standard InChI is InChI=1S/C9H11FN2O2S/c10-15(13,14)6-5-7-1-3-8(4-2-7)9(11)12/h1-4H,5-6H2,(H3,11,12). The van der Waals surface area contributed by atoms with Crippen LogP contribution in [-0.2, 0) is 16.6 Å². The molecule has 0 aliphatic rings. The number of rotatable bonds is 4. The van der Waals surface area contributed by atoms with Crippen LogP contribution in [0.1, 0.15) is 11.1 Å². The molecule has 0 amide bonds. The van der Waals surface area contributed by atoms with Crippen molar-refractivity contribution in [3.8, 4) is 0 Å². The number of aryl methyl sites for hydroxylation is 1. The summed E-state index contributed by atoms with van der Waals surface area (Å²) in [5, 5.41) is 7.13. The van der Waals surface area contributed by atoms with Crippen LogP contribution in [0.15, 0.2) is 24.3 Å². The zero-order chi connectivity index (χ0) is 11.5. The van der Waals surface area contributed by atoms with Gasteiger partial charge in [0.05, 0.1) is 5.75 Å². The summed E-state index contributed by atoms with van der Waals surface area (Å²) in [4.78, 5) is 0. The van der Waals surface area contributed by atoms with E-state index in [-0.39, 0.29) is 12.3 Å². The van der Waals surface area contributed by atoms with E-state index in [0.717, 1.165) is 0 Å². The highest BCUT2D eigenvalue weighted by molar-refractivity contribution is 7.86. The molecule has 3 N–H and O–H groups in total. The minimum Gasteiger partial charge on any atom is -0.384 e. The van der Waals surface area contributed by atoms with Gasteiger partial charge in [-0.1, -0.05) is 24.3 Å². The van der Waals surface area contributed by atoms with Crippen molar-refractivity contribution >= 4 is 16.1 Å². The van der Waals surface area contributed by atoms with Crippen molar-refractivity contribution in [3.63, 3.8) is 0 Å². The molecule has 0 spiro atoms. The van der Waals surface area contributed by atoms with Crippen LogP contribution in [0.5, 0.6) is 0 Å². The molecular formula is C9H11FN2O2S. The van der Waals surface area contributed by atoms with Crippen molar-refractivity contribution in [2.75, 3.05) is 5.75 Å². The summed E-state index contributed by atoms with van der Waals surface area (Å²) >= 11 is 0. The molecule has 0 bridgehead atoms. The van der Waals surface area contributed by atoms with Gasteiger partial charge < -0.3 is 5.73 Å². The Balaban J connectivity index is 2.69. The Morgan fingerprint density at radius 2 is 1.87 bits per heavy atom. The lowest BCUT2D eigenvalue weighted by molar-refractivity contribution is 0.551. The molecule has 0 saturated heterocycles. The lowest BCUT2D eigenvalue weighted by Gasteiger charge is -2.01. The minimum absolute atomic E-state index is 0.0559. The van der Waals surface area contributed by atoms with Gasteiger partial charge in [0.25, 0.3) is 0 Å². The fourth-order valence-corrected chi connectivity index (χ4v) is 1.57. The summed E-state index contributed by atoms with van der Waals surface area (Å²) in [7, 11) is -4.42. The van der Waals surface area contributed by atoms with Crippen molar-refractivity contribution in [2.24, 2.45) is 5.73 Å². The molecule has 0 aliphatic carbocycles. The van der Waals surface area contributed by atoms with Crippen LogP contribution < -0.4 is 5.73 Å². The molecule has 0 fully saturated rings. The number of hydrogen-bond donors (Lipinski definition) is 2. The SMILES string of the molecule is N=C(N)c1ccc(CCS(=O)(=O)F)cc1. The van der Waals surface area contributed by atoms with E-state index in [1.165, 1.54) is 0 Å². The number of hydrogen-bond acceptors (Lipinski definition) is 3. The second-order valence-electron chi connectivity index (χ2n) is 3.10. The molecule has 0 aliphatic heterocycles. The summed E-state index contributed by atoms with van der Waals surface area (Å²) in [5.74, 6) is -0.577. The number of nitrogens with one attached hydrogen (secondary N) is 1. The predicted octanol–water partition coefficient (Wildman–Crippen LogP) is 0.812. The fraction of sp³-hybridized carbons (Fsp3) is 0.222. The van der Waals surface area contributed by atoms with Crippen molar-refractivity contribution in [1.29, 1.82) is 5.41 Å². The molecule has 4 nitrogen and oxygen atoms in total. The molecule has 0 aromatic heterocycles. The first-order valence-electron chi connectivity index (χ1n) is 4.24. The van der Waals surface area contributed by atoms with Crippen molar-refractivity contribution < 1.29 is 12.3 Å². The molecule has 6 heteroatoms. The summed E-state index contributed by atoms with van der Waals surface area (Å²) in [6.45, 7) is 0. The highest BCUT2D eigenvalue weighted by Gasteiger charge is 2.07. The summed E-state index contributed by atoms with van der Waals surface area (Å²) in [6.07, 6.45) is 0.122. The smallest absolute Gasteiger partial charge is 0.302 e. The lowest BCUT2D eigenvalue weighted by Crippen LogP contribution is -2.11. The van der Waals surface area contributed by atoms with Gasteiger partial charge in [0, 0.05) is 5.56 Å². The van der Waals surface area contributed by atoms with E-state index in [2.05, 4.69) is 0 Å². The zero-order valence-corrected chi connectivity index (χ0v) is 8.72. The summed E-state index contributed by atoms with van der Waals surface area (Å²) in [5.41, 5.74) is 6.49. The van der Waals surface area contributed by atoms with Crippen molar-refractivity contribution in [2.45, 2.75) is 6.42 Å². The highest BCUT2D eigenvalue weighted by atomic mass is 32.3. The van der Waals surface area contributed by atoms with Crippen LogP contribution >= 0.6 is 0 Å². The normalized spacial score (nSPS) is 11.3. The van der Waals surface area contributed by atoms with E-state index >= 15 is 0 Å². The average molecular weight is 230 g/mol. The predicted molar refractivity (Wildman–Crippen MR) is 56.1 cm³/mol. The Morgan fingerprint density at radius 1 is 1.33 bits per heavy atom. The number of nitrogen functional groups attached to an aromatic ring is 1. The zero-order valence-electron chi connectivity index (χ0n) is 7.90. The maximum Gasteiger partial charge on any atom is 0.302 e. The Hall–Kier alpha value is -1.43. The van der Waals surface area contributed by atoms with E-state index in [4.69, 9.17) is 11.1 Å². The molecule has 0 radical (unpaired) electrons. The highest BCUT2D eigenvalue weighted by Crippen LogP contribution is 2.06. The van der Waals surface area contributed by atoms with Gasteiger partial charge in [0.15, 0.2) is 0 Å². The lowest BCUT2D eigenvalue weighted by atomic mass is 10.1. The van der Waals surface area contributed by atoms with Crippen LogP contribution in [0.2, 0.25) is 0 Å². The molecular weight excluding hydrogens is 219 g/mol. The van der Waals surface area contributed by atoms with Gasteiger partial charge in [-0.2, -0.15) is 8.42 Å². The van der Waals surface area contributed by atoms with Crippen molar-refractivity contribution in [3.05, 3.63) is 35.4 Å². The molecule has 0 heterocycles. The van der Waals surface area contributed by atoms with Crippen molar-refractivity contribution in [1.82, 2.24) is 0 Å². The Kier molecular flexibility index (Phi) is 3.41. The maximum atomic E-state index is 12.2. The first-order chi connectivity index (χ1) is 6.88. The van der Waals surface area contributed by atoms with E-state index in [1.54, 1.807) is 24.3 Å². The number of amidine groups is 1. The first-order valence-corrected chi connectivity index (χ1v) is 5.79. The van der Waals surface area contributed by atoms with Gasteiger partial charge in [-0.05, 0) is 12.0 Å². The fourth-order valence-electron chi connectivity index (χ4n) is 1.09. The second kappa shape index (κ2) is 4.39. The van der Waals surface area contributed by atoms with Gasteiger partial charge in [0.2, 0.25) is 0 Å². The van der Waals surface area contributed by atoms with Crippen LogP contribution in [0, 0.1) is 5.41 Å². The van der Waals surface area contributed by atoms with Crippen LogP contribution in [0.3, 0.4) is 0 Å². The summed E-state index contributed by atoms with van der Waals surface area (Å²) < 4.78 is 32.7. The topological polar surface area (TPSA) is 84.0 Å². The maximum absolute atomic E-state index is 12.2. The van der Waals surface area contributed by atoms with Gasteiger partial charge in [0.1, 0.15) is 5.84 Å². The third kappa shape index (κ3) is 4.07. The Bertz CT molecular complexity index is 454. The van der Waals surface area contributed by atoms with E-state index in [1.807, 2.05) is 0 Å². The quantitative estimate of drug-likeness (QED) is 0.456. The molecule has 0 saturated carbocycles. The molecule has 1 aromatic rings. The van der Waals surface area contributed by atoms with E-state index in [0.29, 0.717) is 11.1 Å². The van der Waals surface area contributed by atoms with Crippen LogP contribution in [0.25, 0.3) is 0 Å². The third-order valence-corrected chi connectivity index (χ3v) is 2.59. The molecule has 1 aromatic carbocycles. The third-order valence-electron chi connectivity index (χ3n) is 1.90. The minimum atomic E-state index is -4.42. The number of nitrogens with two attached hydrogens (primary N) is 1. The van der Waals surface area contributed by atoms with E-state index < -0.39 is 16.0 Å². The average Bonchev–Trinajstić information content (AvgIpc) is 2.14.